The minimum Gasteiger partial charge on any atom is -0.494 e. The van der Waals surface area contributed by atoms with Gasteiger partial charge in [0.1, 0.15) is 11.2 Å². The third-order valence-corrected chi connectivity index (χ3v) is 7.83. The molecule has 0 radical (unpaired) electrons. The zero-order chi connectivity index (χ0) is 27.9. The van der Waals surface area contributed by atoms with Crippen molar-refractivity contribution in [3.05, 3.63) is 81.5 Å². The van der Waals surface area contributed by atoms with E-state index in [9.17, 15) is 38.5 Å². The molecule has 0 unspecified atom stereocenters. The summed E-state index contributed by atoms with van der Waals surface area (Å²) in [5.74, 6) is -0.695. The zero-order valence-corrected chi connectivity index (χ0v) is 20.4. The van der Waals surface area contributed by atoms with Gasteiger partial charge in [0.25, 0.3) is 5.56 Å². The number of ether oxygens (including phenoxy) is 1. The number of halogens is 3. The predicted octanol–water partition coefficient (Wildman–Crippen LogP) is 3.78. The van der Waals surface area contributed by atoms with Crippen LogP contribution in [0.25, 0.3) is 16.5 Å². The van der Waals surface area contributed by atoms with Gasteiger partial charge in [0.2, 0.25) is 11.8 Å². The Hall–Kier alpha value is -4.34. The summed E-state index contributed by atoms with van der Waals surface area (Å²) in [7, 11) is 0. The van der Waals surface area contributed by atoms with E-state index in [4.69, 9.17) is 4.74 Å². The Balaban J connectivity index is 1.47. The third-order valence-electron chi connectivity index (χ3n) is 7.83. The van der Waals surface area contributed by atoms with Gasteiger partial charge in [0, 0.05) is 29.8 Å². The average Bonchev–Trinajstić information content (AvgIpc) is 3.43. The summed E-state index contributed by atoms with van der Waals surface area (Å²) in [5.41, 5.74) is -3.74. The summed E-state index contributed by atoms with van der Waals surface area (Å²) in [4.78, 5) is 15.7. The topological polar surface area (TPSA) is 134 Å². The van der Waals surface area contributed by atoms with Crippen molar-refractivity contribution in [3.8, 4) is 23.5 Å². The molecule has 2 bridgehead atoms. The number of aryl methyl sites for hydroxylation is 1. The Morgan fingerprint density at radius 3 is 2.51 bits per heavy atom. The molecule has 2 aliphatic rings. The summed E-state index contributed by atoms with van der Waals surface area (Å²) in [5, 5.41) is 44.6. The van der Waals surface area contributed by atoms with Gasteiger partial charge in [-0.15, -0.1) is 0 Å². The number of nitriles is 1. The number of rotatable bonds is 4. The summed E-state index contributed by atoms with van der Waals surface area (Å²) in [6, 6.07) is 12.7. The van der Waals surface area contributed by atoms with Crippen molar-refractivity contribution in [2.75, 3.05) is 0 Å². The van der Waals surface area contributed by atoms with E-state index in [1.54, 1.807) is 43.3 Å². The molecule has 3 atom stereocenters. The summed E-state index contributed by atoms with van der Waals surface area (Å²) in [6.07, 6.45) is -5.03. The second-order valence-electron chi connectivity index (χ2n) is 10.00. The number of aliphatic hydroxyl groups is 1. The lowest BCUT2D eigenvalue weighted by Gasteiger charge is -2.27. The molecule has 1 saturated heterocycles. The molecule has 9 nitrogen and oxygen atoms in total. The lowest BCUT2D eigenvalue weighted by Crippen LogP contribution is -2.33. The maximum Gasteiger partial charge on any atom is 0.433 e. The fraction of sp³-hybridized carbons (Fsp3) is 0.296. The van der Waals surface area contributed by atoms with Gasteiger partial charge in [-0.25, -0.2) is 4.98 Å². The average molecular weight is 538 g/mol. The number of benzene rings is 2. The van der Waals surface area contributed by atoms with Gasteiger partial charge in [-0.05, 0) is 25.5 Å². The number of nitrogens with zero attached hydrogens (tertiary/aromatic N) is 4. The first-order valence-electron chi connectivity index (χ1n) is 12.0. The number of aromatic hydroxyl groups is 2. The number of fused-ring (bicyclic) bond motifs is 6. The largest absolute Gasteiger partial charge is 0.494 e. The molecule has 2 aliphatic heterocycles. The monoisotopic (exact) mass is 538 g/mol. The van der Waals surface area contributed by atoms with Crippen molar-refractivity contribution in [3.63, 3.8) is 0 Å². The van der Waals surface area contributed by atoms with Crippen LogP contribution in [0.5, 0.6) is 11.8 Å². The molecule has 4 aromatic rings. The minimum absolute atomic E-state index is 0.00919. The molecular weight excluding hydrogens is 517 g/mol. The van der Waals surface area contributed by atoms with E-state index in [2.05, 4.69) is 11.1 Å². The Kier molecular flexibility index (Phi) is 5.17. The highest BCUT2D eigenvalue weighted by molar-refractivity contribution is 5.95. The van der Waals surface area contributed by atoms with Crippen molar-refractivity contribution >= 4 is 10.8 Å². The zero-order valence-electron chi connectivity index (χ0n) is 20.4. The first-order chi connectivity index (χ1) is 18.4. The summed E-state index contributed by atoms with van der Waals surface area (Å²) < 4.78 is 47.3. The van der Waals surface area contributed by atoms with Crippen LogP contribution >= 0.6 is 0 Å². The summed E-state index contributed by atoms with van der Waals surface area (Å²) in [6.45, 7) is 1.45. The normalized spacial score (nSPS) is 23.7. The molecule has 200 valence electrons. The number of alkyl halides is 3. The van der Waals surface area contributed by atoms with Crippen LogP contribution < -0.4 is 5.56 Å². The van der Waals surface area contributed by atoms with Crippen LogP contribution in [0, 0.1) is 11.3 Å². The molecule has 6 rings (SSSR count). The van der Waals surface area contributed by atoms with Gasteiger partial charge in [-0.2, -0.15) is 18.4 Å². The third kappa shape index (κ3) is 3.40. The van der Waals surface area contributed by atoms with E-state index < -0.39 is 34.7 Å². The Morgan fingerprint density at radius 1 is 1.15 bits per heavy atom. The molecule has 2 aromatic carbocycles. The molecule has 0 aliphatic carbocycles. The van der Waals surface area contributed by atoms with Crippen LogP contribution in [-0.4, -0.2) is 35.5 Å². The fourth-order valence-corrected chi connectivity index (χ4v) is 5.97. The molecule has 0 saturated carbocycles. The van der Waals surface area contributed by atoms with Crippen LogP contribution in [0.3, 0.4) is 0 Å². The fourth-order valence-electron chi connectivity index (χ4n) is 5.97. The molecule has 1 fully saturated rings. The first kappa shape index (κ1) is 25.0. The Labute approximate surface area is 218 Å². The van der Waals surface area contributed by atoms with Crippen LogP contribution in [0.2, 0.25) is 0 Å². The molecule has 39 heavy (non-hydrogen) atoms. The van der Waals surface area contributed by atoms with Crippen molar-refractivity contribution in [2.45, 2.75) is 49.8 Å². The van der Waals surface area contributed by atoms with Crippen LogP contribution in [0.1, 0.15) is 42.1 Å². The number of hydrogen-bond donors (Lipinski definition) is 3. The molecule has 2 aromatic heterocycles. The van der Waals surface area contributed by atoms with Gasteiger partial charge in [0.15, 0.2) is 5.69 Å². The number of aliphatic hydroxyl groups excluding tert-OH is 1. The highest BCUT2D eigenvalue weighted by Crippen LogP contribution is 2.65. The predicted molar refractivity (Wildman–Crippen MR) is 130 cm³/mol. The molecule has 3 N–H and O–H groups in total. The van der Waals surface area contributed by atoms with Gasteiger partial charge in [0.05, 0.1) is 40.9 Å². The highest BCUT2D eigenvalue weighted by atomic mass is 19.4. The SMILES string of the molecule is C[C@]12O[C@](CCn3cnc(C(F)(F)F)cc3=O)(C[C@@H]1O)c1c2c(O)n(-c2ccc(C#N)c3ccccc23)c1O. The maximum absolute atomic E-state index is 12.9. The van der Waals surface area contributed by atoms with E-state index in [-0.39, 0.29) is 42.3 Å². The van der Waals surface area contributed by atoms with Crippen molar-refractivity contribution < 1.29 is 33.2 Å². The second kappa shape index (κ2) is 8.08. The van der Waals surface area contributed by atoms with E-state index in [0.717, 1.165) is 10.9 Å². The first-order valence-corrected chi connectivity index (χ1v) is 12.0. The van der Waals surface area contributed by atoms with E-state index >= 15 is 0 Å². The van der Waals surface area contributed by atoms with Crippen molar-refractivity contribution in [1.82, 2.24) is 14.1 Å². The molecule has 0 spiro atoms. The van der Waals surface area contributed by atoms with E-state index in [0.29, 0.717) is 28.1 Å². The van der Waals surface area contributed by atoms with Crippen molar-refractivity contribution in [1.29, 1.82) is 5.26 Å². The number of hydrogen-bond acceptors (Lipinski definition) is 7. The van der Waals surface area contributed by atoms with Gasteiger partial charge < -0.3 is 20.1 Å². The van der Waals surface area contributed by atoms with E-state index in [1.807, 2.05) is 0 Å². The van der Waals surface area contributed by atoms with E-state index in [1.165, 1.54) is 4.57 Å². The quantitative estimate of drug-likeness (QED) is 0.360. The Morgan fingerprint density at radius 2 is 1.85 bits per heavy atom. The van der Waals surface area contributed by atoms with Gasteiger partial charge >= 0.3 is 6.18 Å². The van der Waals surface area contributed by atoms with Crippen LogP contribution in [0.4, 0.5) is 13.2 Å². The van der Waals surface area contributed by atoms with Gasteiger partial charge in [-0.1, -0.05) is 24.3 Å². The second-order valence-corrected chi connectivity index (χ2v) is 10.00. The maximum atomic E-state index is 12.9. The lowest BCUT2D eigenvalue weighted by atomic mass is 9.76. The van der Waals surface area contributed by atoms with Gasteiger partial charge in [-0.3, -0.25) is 13.9 Å². The molecule has 4 heterocycles. The molecular formula is C27H21F3N4O5. The Bertz CT molecular complexity index is 1770. The van der Waals surface area contributed by atoms with Crippen LogP contribution in [0.15, 0.2) is 53.6 Å². The smallest absolute Gasteiger partial charge is 0.433 e. The number of aromatic nitrogens is 3. The molecule has 12 heteroatoms. The lowest BCUT2D eigenvalue weighted by molar-refractivity contribution is -0.141. The minimum atomic E-state index is -4.76. The molecule has 0 amide bonds. The highest BCUT2D eigenvalue weighted by Gasteiger charge is 2.66. The standard InChI is InChI=1S/C27H21F3N4O5/c1-25-19(35)11-26(39-25,8-9-33-13-32-18(10-20(33)36)27(28,29)30)22-21(25)23(37)34(24(22)38)17-7-6-14(12-31)15-4-2-3-5-16(15)17/h2-7,10,13,19,35,37-38H,8-9,11H2,1H3/t19-,25-,26+/m0/s1. The van der Waals surface area contributed by atoms with Crippen LogP contribution in [-0.2, 0) is 28.7 Å². The van der Waals surface area contributed by atoms with Crippen molar-refractivity contribution in [2.24, 2.45) is 0 Å². The summed E-state index contributed by atoms with van der Waals surface area (Å²) >= 11 is 0.